The topological polar surface area (TPSA) is 34.1 Å². The normalized spacial score (nSPS) is 17.0. The summed E-state index contributed by atoms with van der Waals surface area (Å²) in [5.41, 5.74) is -12.7. The molecule has 0 bridgehead atoms. The maximum atomic E-state index is 14.4. The fraction of sp³-hybridized carbons (Fsp3) is 0.0667. The number of hydrogen-bond donors (Lipinski definition) is 0. The Kier molecular flexibility index (Phi) is 3.87. The number of halogens is 10. The molecule has 3 rings (SSSR count). The highest BCUT2D eigenvalue weighted by Gasteiger charge is 2.54. The zero-order chi connectivity index (χ0) is 20.6. The van der Waals surface area contributed by atoms with Crippen molar-refractivity contribution in [2.45, 2.75) is 6.18 Å². The number of Topliss-reactive ketones (excluding diaryl/α,β-unsaturated/α-hetero) is 2. The van der Waals surface area contributed by atoms with Crippen LogP contribution in [-0.2, 0) is 9.59 Å². The van der Waals surface area contributed by atoms with Crippen molar-refractivity contribution in [2.24, 2.45) is 0 Å². The van der Waals surface area contributed by atoms with Crippen LogP contribution in [0, 0.1) is 23.3 Å². The lowest BCUT2D eigenvalue weighted by molar-refractivity contribution is -0.128. The summed E-state index contributed by atoms with van der Waals surface area (Å²) < 4.78 is 134. The predicted octanol–water partition coefficient (Wildman–Crippen LogP) is 4.56. The van der Waals surface area contributed by atoms with Gasteiger partial charge in [-0.05, 0) is 0 Å². The highest BCUT2D eigenvalue weighted by molar-refractivity contribution is 6.43. The van der Waals surface area contributed by atoms with Crippen LogP contribution in [0.15, 0.2) is 22.8 Å². The summed E-state index contributed by atoms with van der Waals surface area (Å²) in [4.78, 5) is 23.7. The van der Waals surface area contributed by atoms with Gasteiger partial charge in [0.25, 0.3) is 6.08 Å². The summed E-state index contributed by atoms with van der Waals surface area (Å²) >= 11 is 0. The van der Waals surface area contributed by atoms with Crippen molar-refractivity contribution in [3.05, 3.63) is 57.2 Å². The number of allylic oxidation sites excluding steroid dienone is 4. The maximum Gasteiger partial charge on any atom is 0.420 e. The van der Waals surface area contributed by atoms with Gasteiger partial charge in [0.1, 0.15) is 17.0 Å². The van der Waals surface area contributed by atoms with Crippen LogP contribution in [0.3, 0.4) is 0 Å². The Morgan fingerprint density at radius 2 is 1.15 bits per heavy atom. The van der Waals surface area contributed by atoms with E-state index in [9.17, 15) is 53.5 Å². The monoisotopic (exact) mass is 402 g/mol. The Morgan fingerprint density at radius 1 is 0.667 bits per heavy atom. The van der Waals surface area contributed by atoms with E-state index in [2.05, 4.69) is 0 Å². The van der Waals surface area contributed by atoms with Gasteiger partial charge in [-0.2, -0.15) is 22.0 Å². The first-order valence-corrected chi connectivity index (χ1v) is 6.55. The molecule has 0 atom stereocenters. The van der Waals surface area contributed by atoms with Crippen LogP contribution in [0.25, 0.3) is 11.4 Å². The molecule has 2 aliphatic rings. The third-order valence-electron chi connectivity index (χ3n) is 3.84. The quantitative estimate of drug-likeness (QED) is 0.210. The summed E-state index contributed by atoms with van der Waals surface area (Å²) in [5.74, 6) is -17.6. The fourth-order valence-corrected chi connectivity index (χ4v) is 2.80. The minimum atomic E-state index is -5.85. The first-order valence-electron chi connectivity index (χ1n) is 6.55. The van der Waals surface area contributed by atoms with Crippen molar-refractivity contribution in [1.82, 2.24) is 0 Å². The van der Waals surface area contributed by atoms with E-state index in [1.807, 2.05) is 0 Å². The van der Waals surface area contributed by atoms with Crippen LogP contribution in [0.5, 0.6) is 0 Å². The minimum Gasteiger partial charge on any atom is -0.288 e. The van der Waals surface area contributed by atoms with Gasteiger partial charge in [0.15, 0.2) is 23.3 Å². The molecule has 2 nitrogen and oxygen atoms in total. The number of carbonyl (C=O) groups excluding carboxylic acids is 2. The second-order valence-corrected chi connectivity index (χ2v) is 5.24. The summed E-state index contributed by atoms with van der Waals surface area (Å²) in [6.45, 7) is 0. The van der Waals surface area contributed by atoms with Gasteiger partial charge in [-0.15, -0.1) is 0 Å². The molecule has 0 heterocycles. The molecule has 0 N–H and O–H groups in total. The molecule has 0 radical (unpaired) electrons. The Labute approximate surface area is 141 Å². The van der Waals surface area contributed by atoms with E-state index in [-0.39, 0.29) is 0 Å². The zero-order valence-corrected chi connectivity index (χ0v) is 12.1. The minimum absolute atomic E-state index is 1.90. The largest absolute Gasteiger partial charge is 0.420 e. The van der Waals surface area contributed by atoms with Crippen molar-refractivity contribution >= 4 is 23.0 Å². The van der Waals surface area contributed by atoms with Gasteiger partial charge in [-0.25, -0.2) is 22.0 Å². The second kappa shape index (κ2) is 5.54. The molecule has 1 aromatic rings. The average molecular weight is 402 g/mol. The third-order valence-corrected chi connectivity index (χ3v) is 3.84. The molecule has 27 heavy (non-hydrogen) atoms. The highest BCUT2D eigenvalue weighted by Crippen LogP contribution is 2.53. The van der Waals surface area contributed by atoms with Gasteiger partial charge in [-0.1, -0.05) is 0 Å². The molecule has 0 unspecified atom stereocenters. The number of fused-ring (bicyclic) bond motifs is 3. The molecule has 12 heteroatoms. The number of alkyl halides is 3. The Bertz CT molecular complexity index is 1050. The Morgan fingerprint density at radius 3 is 1.59 bits per heavy atom. The molecule has 0 amide bonds. The number of ketones is 2. The van der Waals surface area contributed by atoms with Crippen LogP contribution < -0.4 is 0 Å². The Hall–Kier alpha value is -2.92. The molecule has 142 valence electrons. The lowest BCUT2D eigenvalue weighted by atomic mass is 9.81. The van der Waals surface area contributed by atoms with Crippen molar-refractivity contribution in [3.8, 4) is 0 Å². The van der Waals surface area contributed by atoms with Gasteiger partial charge in [0.2, 0.25) is 11.6 Å². The first kappa shape index (κ1) is 18.9. The fourth-order valence-electron chi connectivity index (χ4n) is 2.80. The molecule has 0 aromatic heterocycles. The lowest BCUT2D eigenvalue weighted by Gasteiger charge is -2.22. The predicted molar refractivity (Wildman–Crippen MR) is 66.5 cm³/mol. The van der Waals surface area contributed by atoms with Gasteiger partial charge in [-0.3, -0.25) is 9.59 Å². The summed E-state index contributed by atoms with van der Waals surface area (Å²) in [6.07, 6.45) is -9.06. The molecule has 2 aliphatic carbocycles. The van der Waals surface area contributed by atoms with Gasteiger partial charge < -0.3 is 0 Å². The molecule has 1 aromatic carbocycles. The van der Waals surface area contributed by atoms with E-state index in [1.165, 1.54) is 0 Å². The lowest BCUT2D eigenvalue weighted by Crippen LogP contribution is -2.32. The molecular weight excluding hydrogens is 402 g/mol. The Balaban J connectivity index is 2.63. The molecular formula is C15F10O2. The molecule has 0 aliphatic heterocycles. The van der Waals surface area contributed by atoms with E-state index in [0.29, 0.717) is 0 Å². The van der Waals surface area contributed by atoms with Crippen molar-refractivity contribution in [1.29, 1.82) is 0 Å². The second-order valence-electron chi connectivity index (χ2n) is 5.24. The number of hydrogen-bond acceptors (Lipinski definition) is 2. The number of rotatable bonds is 0. The van der Waals surface area contributed by atoms with Crippen molar-refractivity contribution in [3.63, 3.8) is 0 Å². The molecule has 0 saturated heterocycles. The van der Waals surface area contributed by atoms with Crippen LogP contribution in [0.4, 0.5) is 43.9 Å². The van der Waals surface area contributed by atoms with Crippen molar-refractivity contribution in [2.75, 3.05) is 0 Å². The van der Waals surface area contributed by atoms with Gasteiger partial charge in [0.05, 0.1) is 11.1 Å². The third kappa shape index (κ3) is 2.28. The zero-order valence-electron chi connectivity index (χ0n) is 12.1. The molecule has 0 saturated carbocycles. The van der Waals surface area contributed by atoms with Crippen LogP contribution >= 0.6 is 0 Å². The van der Waals surface area contributed by atoms with Gasteiger partial charge >= 0.3 is 6.18 Å². The van der Waals surface area contributed by atoms with E-state index in [4.69, 9.17) is 0 Å². The van der Waals surface area contributed by atoms with Gasteiger partial charge in [0, 0.05) is 11.1 Å². The molecule has 0 spiro atoms. The molecule has 0 fully saturated rings. The van der Waals surface area contributed by atoms with Crippen LogP contribution in [0.2, 0.25) is 0 Å². The average Bonchev–Trinajstić information content (AvgIpc) is 2.82. The summed E-state index contributed by atoms with van der Waals surface area (Å²) in [7, 11) is 0. The van der Waals surface area contributed by atoms with Crippen LogP contribution in [0.1, 0.15) is 11.1 Å². The number of benzene rings is 1. The maximum absolute atomic E-state index is 14.4. The highest BCUT2D eigenvalue weighted by atomic mass is 19.4. The standard InChI is InChI=1S/C15F10O2/c16-7-3-2(8(17)10(19)11(20)9(3)18)1-4(7)12(26)5(14(21)22)13(27)6(1)15(23,24)25. The van der Waals surface area contributed by atoms with E-state index >= 15 is 0 Å². The summed E-state index contributed by atoms with van der Waals surface area (Å²) in [6, 6.07) is 0. The first-order chi connectivity index (χ1) is 12.3. The van der Waals surface area contributed by atoms with E-state index in [0.717, 1.165) is 0 Å². The number of carbonyl (C=O) groups is 2. The van der Waals surface area contributed by atoms with Crippen molar-refractivity contribution < 1.29 is 53.5 Å². The smallest absolute Gasteiger partial charge is 0.288 e. The van der Waals surface area contributed by atoms with E-state index < -0.39 is 86.3 Å². The summed E-state index contributed by atoms with van der Waals surface area (Å²) in [5, 5.41) is 0. The SMILES string of the molecule is O=C1C(=C(F)F)C(=O)C(C(F)(F)F)=C2C1=C(F)c1c(F)c(F)c(F)c(F)c12. The van der Waals surface area contributed by atoms with Crippen LogP contribution in [-0.4, -0.2) is 17.7 Å². The van der Waals surface area contributed by atoms with E-state index in [1.54, 1.807) is 0 Å².